The van der Waals surface area contributed by atoms with E-state index in [0.717, 1.165) is 33.5 Å². The largest absolute Gasteiger partial charge is 0.373 e. The average molecular weight is 314 g/mol. The van der Waals surface area contributed by atoms with Crippen LogP contribution in [0.25, 0.3) is 22.0 Å². The SMILES string of the molecule is CNc1cc2ncc(-c3cc(F)cc(NSC)c3)cc2cn1. The molecule has 0 fully saturated rings. The minimum absolute atomic E-state index is 0.280. The molecule has 4 nitrogen and oxygen atoms in total. The standard InChI is InChI=1S/C16H15FN4S/c1-18-16-7-15-12(9-20-16)3-11(8-19-15)10-4-13(17)6-14(5-10)21-22-2/h3-9,21H,1-2H3,(H,18,20). The van der Waals surface area contributed by atoms with Crippen molar-refractivity contribution in [1.82, 2.24) is 9.97 Å². The highest BCUT2D eigenvalue weighted by Crippen LogP contribution is 2.27. The molecular weight excluding hydrogens is 299 g/mol. The van der Waals surface area contributed by atoms with Gasteiger partial charge in [-0.05, 0) is 29.8 Å². The first-order valence-corrected chi connectivity index (χ1v) is 7.95. The Morgan fingerprint density at radius 2 is 1.86 bits per heavy atom. The number of halogens is 1. The van der Waals surface area contributed by atoms with Crippen LogP contribution in [0.5, 0.6) is 0 Å². The maximum Gasteiger partial charge on any atom is 0.127 e. The van der Waals surface area contributed by atoms with Crippen molar-refractivity contribution in [2.45, 2.75) is 0 Å². The van der Waals surface area contributed by atoms with Gasteiger partial charge in [0.05, 0.1) is 5.52 Å². The number of pyridine rings is 2. The zero-order valence-electron chi connectivity index (χ0n) is 12.2. The van der Waals surface area contributed by atoms with Crippen molar-refractivity contribution >= 4 is 34.4 Å². The Kier molecular flexibility index (Phi) is 4.11. The molecule has 0 saturated carbocycles. The molecule has 2 aromatic heterocycles. The predicted molar refractivity (Wildman–Crippen MR) is 91.6 cm³/mol. The van der Waals surface area contributed by atoms with Gasteiger partial charge < -0.3 is 10.0 Å². The van der Waals surface area contributed by atoms with E-state index in [4.69, 9.17) is 0 Å². The van der Waals surface area contributed by atoms with Crippen LogP contribution < -0.4 is 10.0 Å². The molecule has 22 heavy (non-hydrogen) atoms. The van der Waals surface area contributed by atoms with Gasteiger partial charge >= 0.3 is 0 Å². The second-order valence-electron chi connectivity index (χ2n) is 4.77. The van der Waals surface area contributed by atoms with Crippen molar-refractivity contribution < 1.29 is 4.39 Å². The Balaban J connectivity index is 2.06. The smallest absolute Gasteiger partial charge is 0.127 e. The normalized spacial score (nSPS) is 10.7. The van der Waals surface area contributed by atoms with Gasteiger partial charge in [-0.3, -0.25) is 4.98 Å². The van der Waals surface area contributed by atoms with E-state index >= 15 is 0 Å². The Morgan fingerprint density at radius 1 is 1.00 bits per heavy atom. The van der Waals surface area contributed by atoms with Gasteiger partial charge in [0.15, 0.2) is 0 Å². The van der Waals surface area contributed by atoms with Gasteiger partial charge in [-0.25, -0.2) is 9.37 Å². The number of rotatable bonds is 4. The van der Waals surface area contributed by atoms with Gasteiger partial charge in [-0.1, -0.05) is 11.9 Å². The number of nitrogens with zero attached hydrogens (tertiary/aromatic N) is 2. The van der Waals surface area contributed by atoms with E-state index in [-0.39, 0.29) is 5.82 Å². The molecule has 0 unspecified atom stereocenters. The zero-order valence-corrected chi connectivity index (χ0v) is 13.0. The Bertz CT molecular complexity index is 822. The quantitative estimate of drug-likeness (QED) is 0.708. The molecule has 0 aliphatic rings. The summed E-state index contributed by atoms with van der Waals surface area (Å²) < 4.78 is 16.8. The lowest BCUT2D eigenvalue weighted by molar-refractivity contribution is 0.629. The van der Waals surface area contributed by atoms with Crippen LogP contribution in [0.15, 0.2) is 42.7 Å². The fourth-order valence-electron chi connectivity index (χ4n) is 2.25. The lowest BCUT2D eigenvalue weighted by Crippen LogP contribution is -1.93. The molecule has 0 radical (unpaired) electrons. The molecule has 0 atom stereocenters. The molecule has 2 N–H and O–H groups in total. The number of benzene rings is 1. The fourth-order valence-corrected chi connectivity index (χ4v) is 2.60. The summed E-state index contributed by atoms with van der Waals surface area (Å²) in [6.07, 6.45) is 5.41. The van der Waals surface area contributed by atoms with Crippen molar-refractivity contribution in [3.05, 3.63) is 48.5 Å². The molecule has 3 aromatic rings. The second-order valence-corrected chi connectivity index (χ2v) is 5.38. The van der Waals surface area contributed by atoms with Gasteiger partial charge in [0, 0.05) is 48.4 Å². The Labute approximate surface area is 132 Å². The summed E-state index contributed by atoms with van der Waals surface area (Å²) in [4.78, 5) is 8.73. The molecule has 1 aromatic carbocycles. The van der Waals surface area contributed by atoms with Gasteiger partial charge in [0.25, 0.3) is 0 Å². The molecule has 3 rings (SSSR count). The van der Waals surface area contributed by atoms with Crippen LogP contribution in [0.4, 0.5) is 15.9 Å². The molecule has 0 aliphatic heterocycles. The third kappa shape index (κ3) is 2.96. The van der Waals surface area contributed by atoms with Crippen molar-refractivity contribution in [1.29, 1.82) is 0 Å². The van der Waals surface area contributed by atoms with E-state index in [9.17, 15) is 4.39 Å². The van der Waals surface area contributed by atoms with Crippen LogP contribution in [0.1, 0.15) is 0 Å². The monoisotopic (exact) mass is 314 g/mol. The highest BCUT2D eigenvalue weighted by atomic mass is 32.2. The van der Waals surface area contributed by atoms with Gasteiger partial charge in [-0.15, -0.1) is 0 Å². The number of nitrogens with one attached hydrogen (secondary N) is 2. The first-order chi connectivity index (χ1) is 10.7. The van der Waals surface area contributed by atoms with Crippen LogP contribution >= 0.6 is 11.9 Å². The molecule has 0 amide bonds. The van der Waals surface area contributed by atoms with E-state index in [1.807, 2.05) is 31.5 Å². The summed E-state index contributed by atoms with van der Waals surface area (Å²) in [5, 5.41) is 3.90. The minimum Gasteiger partial charge on any atom is -0.373 e. The van der Waals surface area contributed by atoms with E-state index in [1.165, 1.54) is 24.1 Å². The van der Waals surface area contributed by atoms with E-state index in [1.54, 1.807) is 12.4 Å². The molecule has 0 bridgehead atoms. The number of aromatic nitrogens is 2. The second kappa shape index (κ2) is 6.19. The first kappa shape index (κ1) is 14.6. The molecular formula is C16H15FN4S. The molecule has 0 saturated heterocycles. The number of anilines is 2. The Morgan fingerprint density at radius 3 is 2.64 bits per heavy atom. The fraction of sp³-hybridized carbons (Fsp3) is 0.125. The summed E-state index contributed by atoms with van der Waals surface area (Å²) >= 11 is 1.42. The van der Waals surface area contributed by atoms with E-state index < -0.39 is 0 Å². The van der Waals surface area contributed by atoms with Crippen LogP contribution in [-0.2, 0) is 0 Å². The Hall–Kier alpha value is -2.34. The molecule has 2 heterocycles. The van der Waals surface area contributed by atoms with Crippen molar-refractivity contribution in [2.24, 2.45) is 0 Å². The third-order valence-corrected chi connectivity index (χ3v) is 3.71. The minimum atomic E-state index is -0.280. The van der Waals surface area contributed by atoms with Gasteiger partial charge in [-0.2, -0.15) is 0 Å². The van der Waals surface area contributed by atoms with Gasteiger partial charge in [0.1, 0.15) is 11.6 Å². The van der Waals surface area contributed by atoms with Crippen molar-refractivity contribution in [3.8, 4) is 11.1 Å². The molecule has 112 valence electrons. The maximum atomic E-state index is 13.8. The zero-order chi connectivity index (χ0) is 15.5. The van der Waals surface area contributed by atoms with Crippen LogP contribution in [0.3, 0.4) is 0 Å². The molecule has 0 spiro atoms. The lowest BCUT2D eigenvalue weighted by atomic mass is 10.1. The summed E-state index contributed by atoms with van der Waals surface area (Å²) in [5.41, 5.74) is 3.21. The maximum absolute atomic E-state index is 13.8. The lowest BCUT2D eigenvalue weighted by Gasteiger charge is -2.08. The van der Waals surface area contributed by atoms with E-state index in [2.05, 4.69) is 20.0 Å². The highest BCUT2D eigenvalue weighted by molar-refractivity contribution is 7.99. The predicted octanol–water partition coefficient (Wildman–Crippen LogP) is 4.17. The van der Waals surface area contributed by atoms with Crippen molar-refractivity contribution in [2.75, 3.05) is 23.3 Å². The summed E-state index contributed by atoms with van der Waals surface area (Å²) in [7, 11) is 1.82. The number of hydrogen-bond acceptors (Lipinski definition) is 5. The van der Waals surface area contributed by atoms with Crippen LogP contribution in [0, 0.1) is 5.82 Å². The number of fused-ring (bicyclic) bond motifs is 1. The van der Waals surface area contributed by atoms with Crippen LogP contribution in [0.2, 0.25) is 0 Å². The average Bonchev–Trinajstić information content (AvgIpc) is 2.53. The topological polar surface area (TPSA) is 49.8 Å². The van der Waals surface area contributed by atoms with Crippen LogP contribution in [-0.4, -0.2) is 23.3 Å². The summed E-state index contributed by atoms with van der Waals surface area (Å²) in [6.45, 7) is 0. The third-order valence-electron chi connectivity index (χ3n) is 3.27. The highest BCUT2D eigenvalue weighted by Gasteiger charge is 2.06. The first-order valence-electron chi connectivity index (χ1n) is 6.73. The number of hydrogen-bond donors (Lipinski definition) is 2. The molecule has 6 heteroatoms. The van der Waals surface area contributed by atoms with Crippen molar-refractivity contribution in [3.63, 3.8) is 0 Å². The van der Waals surface area contributed by atoms with Gasteiger partial charge in [0.2, 0.25) is 0 Å². The van der Waals surface area contributed by atoms with E-state index in [0.29, 0.717) is 0 Å². The summed E-state index contributed by atoms with van der Waals surface area (Å²) in [6, 6.07) is 8.72. The molecule has 0 aliphatic carbocycles. The summed E-state index contributed by atoms with van der Waals surface area (Å²) in [5.74, 6) is 0.489.